The quantitative estimate of drug-likeness (QED) is 0.581. The number of benzene rings is 1. The summed E-state index contributed by atoms with van der Waals surface area (Å²) in [4.78, 5) is 22.7. The fourth-order valence-corrected chi connectivity index (χ4v) is 1.89. The van der Waals surface area contributed by atoms with E-state index in [9.17, 15) is 9.59 Å². The number of hydrogen-bond acceptors (Lipinski definition) is 5. The van der Waals surface area contributed by atoms with Crippen LogP contribution in [-0.4, -0.2) is 19.0 Å². The molecule has 0 fully saturated rings. The minimum atomic E-state index is -0.391. The van der Waals surface area contributed by atoms with Crippen molar-refractivity contribution in [3.05, 3.63) is 54.0 Å². The molecular weight excluding hydrogens is 284 g/mol. The van der Waals surface area contributed by atoms with E-state index in [1.807, 2.05) is 5.94 Å². The smallest absolute Gasteiger partial charge is 0.306 e. The molecule has 2 rings (SSSR count). The van der Waals surface area contributed by atoms with Crippen LogP contribution in [-0.2, 0) is 20.9 Å². The second-order valence-corrected chi connectivity index (χ2v) is 4.55. The van der Waals surface area contributed by atoms with Gasteiger partial charge in [0.25, 0.3) is 0 Å². The number of methoxy groups -OCH3 is 1. The number of carbonyl (C=O) groups is 1. The van der Waals surface area contributed by atoms with Crippen molar-refractivity contribution in [1.29, 1.82) is 0 Å². The second kappa shape index (κ2) is 7.86. The van der Waals surface area contributed by atoms with Gasteiger partial charge in [-0.3, -0.25) is 4.79 Å². The van der Waals surface area contributed by atoms with Crippen molar-refractivity contribution in [1.82, 2.24) is 0 Å². The van der Waals surface area contributed by atoms with Gasteiger partial charge in [-0.15, -0.1) is 0 Å². The molecule has 0 N–H and O–H groups in total. The van der Waals surface area contributed by atoms with Crippen LogP contribution in [0.25, 0.3) is 5.57 Å². The zero-order valence-corrected chi connectivity index (χ0v) is 12.2. The Hall–Kier alpha value is -2.78. The first-order chi connectivity index (χ1) is 10.7. The van der Waals surface area contributed by atoms with Crippen LogP contribution in [0.15, 0.2) is 47.1 Å². The third-order valence-corrected chi connectivity index (χ3v) is 3.10. The molecule has 0 spiro atoms. The van der Waals surface area contributed by atoms with Gasteiger partial charge in [-0.1, -0.05) is 12.1 Å². The highest BCUT2D eigenvalue weighted by Crippen LogP contribution is 2.20. The highest BCUT2D eigenvalue weighted by atomic mass is 16.5. The minimum Gasteiger partial charge on any atom is -0.497 e. The molecule has 22 heavy (non-hydrogen) atoms. The first kappa shape index (κ1) is 15.6. The van der Waals surface area contributed by atoms with Crippen LogP contribution in [0.4, 0.5) is 0 Å². The molecule has 0 saturated carbocycles. The van der Waals surface area contributed by atoms with Crippen LogP contribution in [0, 0.1) is 0 Å². The predicted octanol–water partition coefficient (Wildman–Crippen LogP) is 3.03. The summed E-state index contributed by atoms with van der Waals surface area (Å²) in [6, 6.07) is 10.5. The highest BCUT2D eigenvalue weighted by molar-refractivity contribution is 5.89. The van der Waals surface area contributed by atoms with Crippen molar-refractivity contribution in [2.45, 2.75) is 19.4 Å². The molecule has 0 saturated heterocycles. The Morgan fingerprint density at radius 2 is 1.95 bits per heavy atom. The normalized spacial score (nSPS) is 9.86. The van der Waals surface area contributed by atoms with Crippen molar-refractivity contribution in [2.24, 2.45) is 0 Å². The molecule has 0 amide bonds. The summed E-state index contributed by atoms with van der Waals surface area (Å²) in [6.45, 7) is 0.0918. The SMILES string of the molecule is COc1ccc(C(=C=O)CCC(=O)OCc2ccco2)cc1. The Bertz CT molecular complexity index is 649. The summed E-state index contributed by atoms with van der Waals surface area (Å²) in [7, 11) is 1.57. The molecule has 0 aliphatic carbocycles. The first-order valence-electron chi connectivity index (χ1n) is 6.79. The zero-order chi connectivity index (χ0) is 15.8. The van der Waals surface area contributed by atoms with Crippen LogP contribution in [0.1, 0.15) is 24.2 Å². The molecule has 5 heteroatoms. The molecule has 1 aromatic carbocycles. The molecule has 0 bridgehead atoms. The van der Waals surface area contributed by atoms with Gasteiger partial charge in [0.05, 0.1) is 19.8 Å². The molecular formula is C17H16O5. The Morgan fingerprint density at radius 1 is 1.18 bits per heavy atom. The van der Waals surface area contributed by atoms with Crippen LogP contribution in [0.2, 0.25) is 0 Å². The summed E-state index contributed by atoms with van der Waals surface area (Å²) >= 11 is 0. The van der Waals surface area contributed by atoms with E-state index in [1.54, 1.807) is 43.5 Å². The average molecular weight is 300 g/mol. The standard InChI is InChI=1S/C17H16O5/c1-20-15-7-4-13(5-8-15)14(11-18)6-9-17(19)22-12-16-3-2-10-21-16/h2-5,7-8,10H,6,9,12H2,1H3. The maximum absolute atomic E-state index is 11.7. The summed E-state index contributed by atoms with van der Waals surface area (Å²) in [5, 5.41) is 0. The lowest BCUT2D eigenvalue weighted by Gasteiger charge is -2.06. The Morgan fingerprint density at radius 3 is 2.55 bits per heavy atom. The largest absolute Gasteiger partial charge is 0.497 e. The van der Waals surface area contributed by atoms with Crippen molar-refractivity contribution in [2.75, 3.05) is 7.11 Å². The first-order valence-corrected chi connectivity index (χ1v) is 6.79. The Labute approximate surface area is 128 Å². The third-order valence-electron chi connectivity index (χ3n) is 3.10. The monoisotopic (exact) mass is 300 g/mol. The van der Waals surface area contributed by atoms with Gasteiger partial charge in [0.15, 0.2) is 0 Å². The molecule has 0 radical (unpaired) electrons. The van der Waals surface area contributed by atoms with Crippen molar-refractivity contribution in [3.63, 3.8) is 0 Å². The number of carbonyl (C=O) groups excluding carboxylic acids is 2. The summed E-state index contributed by atoms with van der Waals surface area (Å²) in [5.74, 6) is 2.77. The highest BCUT2D eigenvalue weighted by Gasteiger charge is 2.09. The van der Waals surface area contributed by atoms with E-state index < -0.39 is 5.97 Å². The van der Waals surface area contributed by atoms with Gasteiger partial charge in [0.1, 0.15) is 24.1 Å². The summed E-state index contributed by atoms with van der Waals surface area (Å²) < 4.78 is 15.2. The number of allylic oxidation sites excluding steroid dienone is 1. The van der Waals surface area contributed by atoms with Crippen LogP contribution in [0.3, 0.4) is 0 Å². The predicted molar refractivity (Wildman–Crippen MR) is 79.8 cm³/mol. The lowest BCUT2D eigenvalue weighted by molar-refractivity contribution is -0.145. The fraction of sp³-hybridized carbons (Fsp3) is 0.235. The van der Waals surface area contributed by atoms with Crippen LogP contribution < -0.4 is 4.74 Å². The molecule has 0 unspecified atom stereocenters. The molecule has 1 aromatic heterocycles. The fourth-order valence-electron chi connectivity index (χ4n) is 1.89. The lowest BCUT2D eigenvalue weighted by Crippen LogP contribution is -2.04. The van der Waals surface area contributed by atoms with Gasteiger partial charge in [-0.05, 0) is 36.2 Å². The minimum absolute atomic E-state index is 0.0918. The third kappa shape index (κ3) is 4.36. The van der Waals surface area contributed by atoms with Crippen molar-refractivity contribution >= 4 is 17.5 Å². The van der Waals surface area contributed by atoms with Gasteiger partial charge < -0.3 is 13.9 Å². The molecule has 114 valence electrons. The number of ether oxygens (including phenoxy) is 2. The van der Waals surface area contributed by atoms with Gasteiger partial charge in [0.2, 0.25) is 0 Å². The van der Waals surface area contributed by atoms with Crippen LogP contribution in [0.5, 0.6) is 5.75 Å². The van der Waals surface area contributed by atoms with Crippen molar-refractivity contribution in [3.8, 4) is 5.75 Å². The average Bonchev–Trinajstić information content (AvgIpc) is 3.07. The van der Waals surface area contributed by atoms with Gasteiger partial charge in [-0.2, -0.15) is 0 Å². The van der Waals surface area contributed by atoms with Gasteiger partial charge >= 0.3 is 5.97 Å². The molecule has 0 aliphatic heterocycles. The number of esters is 1. The van der Waals surface area contributed by atoms with Crippen LogP contribution >= 0.6 is 0 Å². The topological polar surface area (TPSA) is 65.7 Å². The lowest BCUT2D eigenvalue weighted by atomic mass is 10.0. The van der Waals surface area contributed by atoms with E-state index in [0.717, 1.165) is 5.56 Å². The van der Waals surface area contributed by atoms with E-state index in [2.05, 4.69) is 0 Å². The number of rotatable bonds is 7. The Balaban J connectivity index is 1.85. The summed E-state index contributed by atoms with van der Waals surface area (Å²) in [5.41, 5.74) is 1.15. The molecule has 5 nitrogen and oxygen atoms in total. The molecule has 2 aromatic rings. The number of furan rings is 1. The number of hydrogen-bond donors (Lipinski definition) is 0. The summed E-state index contributed by atoms with van der Waals surface area (Å²) in [6.07, 6.45) is 1.89. The Kier molecular flexibility index (Phi) is 5.57. The molecule has 0 aliphatic rings. The van der Waals surface area contributed by atoms with E-state index in [4.69, 9.17) is 13.9 Å². The van der Waals surface area contributed by atoms with Gasteiger partial charge in [-0.25, -0.2) is 4.79 Å². The van der Waals surface area contributed by atoms with E-state index >= 15 is 0 Å². The molecule has 0 atom stereocenters. The van der Waals surface area contributed by atoms with Gasteiger partial charge in [0, 0.05) is 5.57 Å². The second-order valence-electron chi connectivity index (χ2n) is 4.55. The van der Waals surface area contributed by atoms with E-state index in [-0.39, 0.29) is 19.4 Å². The molecule has 1 heterocycles. The van der Waals surface area contributed by atoms with Crippen molar-refractivity contribution < 1.29 is 23.5 Å². The zero-order valence-electron chi connectivity index (χ0n) is 12.2. The maximum Gasteiger partial charge on any atom is 0.306 e. The van der Waals surface area contributed by atoms with E-state index in [0.29, 0.717) is 17.1 Å². The maximum atomic E-state index is 11.7. The van der Waals surface area contributed by atoms with E-state index in [1.165, 1.54) is 6.26 Å².